The molecule has 102 valence electrons. The number of benzene rings is 1. The van der Waals surface area contributed by atoms with Gasteiger partial charge in [0.25, 0.3) is 0 Å². The molecule has 1 aliphatic rings. The molecule has 1 fully saturated rings. The summed E-state index contributed by atoms with van der Waals surface area (Å²) in [5.41, 5.74) is 2.95. The predicted molar refractivity (Wildman–Crippen MR) is 82.4 cm³/mol. The fraction of sp³-hybridized carbons (Fsp3) is 0.312. The minimum absolute atomic E-state index is 0.563. The van der Waals surface area contributed by atoms with Gasteiger partial charge in [-0.15, -0.1) is 11.3 Å². The summed E-state index contributed by atoms with van der Waals surface area (Å²) < 4.78 is 5.78. The molecular weight excluding hydrogens is 268 g/mol. The zero-order valence-corrected chi connectivity index (χ0v) is 12.2. The summed E-state index contributed by atoms with van der Waals surface area (Å²) in [5, 5.41) is 3.45. The van der Waals surface area contributed by atoms with Crippen LogP contribution in [0.2, 0.25) is 0 Å². The van der Waals surface area contributed by atoms with E-state index in [1.807, 2.05) is 17.4 Å². The fourth-order valence-electron chi connectivity index (χ4n) is 2.33. The Morgan fingerprint density at radius 1 is 1.30 bits per heavy atom. The van der Waals surface area contributed by atoms with E-state index in [4.69, 9.17) is 4.42 Å². The predicted octanol–water partition coefficient (Wildman–Crippen LogP) is 4.69. The van der Waals surface area contributed by atoms with Crippen molar-refractivity contribution >= 4 is 28.1 Å². The van der Waals surface area contributed by atoms with Crippen molar-refractivity contribution in [1.29, 1.82) is 0 Å². The lowest BCUT2D eigenvalue weighted by Crippen LogP contribution is -1.96. The van der Waals surface area contributed by atoms with Crippen LogP contribution in [0.3, 0.4) is 0 Å². The zero-order valence-electron chi connectivity index (χ0n) is 11.3. The molecule has 1 aliphatic carbocycles. The lowest BCUT2D eigenvalue weighted by atomic mass is 10.3. The summed E-state index contributed by atoms with van der Waals surface area (Å²) in [4.78, 5) is 7.29. The zero-order chi connectivity index (χ0) is 13.5. The van der Waals surface area contributed by atoms with Gasteiger partial charge >= 0.3 is 0 Å². The third-order valence-corrected chi connectivity index (χ3v) is 4.59. The van der Waals surface area contributed by atoms with E-state index < -0.39 is 0 Å². The second-order valence-electron chi connectivity index (χ2n) is 5.37. The molecule has 0 radical (unpaired) electrons. The highest BCUT2D eigenvalue weighted by Gasteiger charge is 2.28. The molecule has 20 heavy (non-hydrogen) atoms. The summed E-state index contributed by atoms with van der Waals surface area (Å²) in [6.45, 7) is 2.99. The van der Waals surface area contributed by atoms with E-state index in [1.165, 1.54) is 22.6 Å². The molecule has 0 atom stereocenters. The number of aromatic nitrogens is 1. The first-order valence-electron chi connectivity index (χ1n) is 6.97. The van der Waals surface area contributed by atoms with E-state index >= 15 is 0 Å². The van der Waals surface area contributed by atoms with E-state index in [9.17, 15) is 0 Å². The van der Waals surface area contributed by atoms with Crippen LogP contribution in [0.5, 0.6) is 0 Å². The minimum Gasteiger partial charge on any atom is -0.440 e. The Morgan fingerprint density at radius 3 is 2.95 bits per heavy atom. The van der Waals surface area contributed by atoms with Crippen LogP contribution in [0.15, 0.2) is 34.7 Å². The van der Waals surface area contributed by atoms with Crippen LogP contribution in [0.1, 0.15) is 34.4 Å². The molecule has 0 spiro atoms. The number of fused-ring (bicyclic) bond motifs is 1. The lowest BCUT2D eigenvalue weighted by molar-refractivity contribution is 0.533. The summed E-state index contributed by atoms with van der Waals surface area (Å²) in [5.74, 6) is 1.47. The van der Waals surface area contributed by atoms with Crippen LogP contribution < -0.4 is 5.32 Å². The number of hydrogen-bond acceptors (Lipinski definition) is 4. The van der Waals surface area contributed by atoms with Crippen molar-refractivity contribution < 1.29 is 4.42 Å². The van der Waals surface area contributed by atoms with Crippen molar-refractivity contribution in [3.8, 4) is 0 Å². The quantitative estimate of drug-likeness (QED) is 0.755. The standard InChI is InChI=1S/C16H16N2OS/c1-10-2-6-13(20-10)9-17-12-5-7-15-14(8-12)18-16(19-15)11-3-4-11/h2,5-8,11,17H,3-4,9H2,1H3. The number of oxazole rings is 1. The van der Waals surface area contributed by atoms with E-state index in [2.05, 4.69) is 41.5 Å². The maximum absolute atomic E-state index is 5.78. The molecule has 1 aromatic carbocycles. The number of anilines is 1. The number of hydrogen-bond donors (Lipinski definition) is 1. The normalized spacial score (nSPS) is 14.8. The van der Waals surface area contributed by atoms with Crippen LogP contribution in [-0.2, 0) is 6.54 Å². The summed E-state index contributed by atoms with van der Waals surface area (Å²) in [6, 6.07) is 10.5. The van der Waals surface area contributed by atoms with Crippen LogP contribution in [-0.4, -0.2) is 4.98 Å². The highest BCUT2D eigenvalue weighted by Crippen LogP contribution is 2.40. The van der Waals surface area contributed by atoms with Gasteiger partial charge in [0.05, 0.1) is 0 Å². The van der Waals surface area contributed by atoms with Crippen LogP contribution >= 0.6 is 11.3 Å². The Kier molecular flexibility index (Phi) is 2.77. The van der Waals surface area contributed by atoms with Crippen molar-refractivity contribution in [2.75, 3.05) is 5.32 Å². The monoisotopic (exact) mass is 284 g/mol. The molecule has 0 aliphatic heterocycles. The summed E-state index contributed by atoms with van der Waals surface area (Å²) >= 11 is 1.83. The van der Waals surface area contributed by atoms with Crippen molar-refractivity contribution in [2.45, 2.75) is 32.2 Å². The largest absolute Gasteiger partial charge is 0.440 e. The average Bonchev–Trinajstić information content (AvgIpc) is 3.08. The van der Waals surface area contributed by atoms with Crippen molar-refractivity contribution in [3.63, 3.8) is 0 Å². The SMILES string of the molecule is Cc1ccc(CNc2ccc3oc(C4CC4)nc3c2)s1. The Hall–Kier alpha value is -1.81. The molecule has 3 nitrogen and oxygen atoms in total. The molecule has 0 unspecified atom stereocenters. The van der Waals surface area contributed by atoms with Crippen molar-refractivity contribution in [1.82, 2.24) is 4.98 Å². The third kappa shape index (κ3) is 2.31. The lowest BCUT2D eigenvalue weighted by Gasteiger charge is -2.03. The molecule has 3 aromatic rings. The average molecular weight is 284 g/mol. The first-order chi connectivity index (χ1) is 9.78. The molecule has 0 bridgehead atoms. The van der Waals surface area contributed by atoms with Crippen molar-refractivity contribution in [2.24, 2.45) is 0 Å². The first-order valence-corrected chi connectivity index (χ1v) is 7.79. The van der Waals surface area contributed by atoms with Crippen LogP contribution in [0.25, 0.3) is 11.1 Å². The van der Waals surface area contributed by atoms with Gasteiger partial charge in [-0.3, -0.25) is 0 Å². The molecular formula is C16H16N2OS. The molecule has 1 saturated carbocycles. The Bertz CT molecular complexity index is 755. The smallest absolute Gasteiger partial charge is 0.198 e. The second-order valence-corrected chi connectivity index (χ2v) is 6.75. The first kappa shape index (κ1) is 12.0. The fourth-order valence-corrected chi connectivity index (χ4v) is 3.16. The number of aryl methyl sites for hydroxylation is 1. The molecule has 4 heteroatoms. The van der Waals surface area contributed by atoms with E-state index in [1.54, 1.807) is 0 Å². The highest BCUT2D eigenvalue weighted by molar-refractivity contribution is 7.11. The molecule has 4 rings (SSSR count). The number of thiophene rings is 1. The van der Waals surface area contributed by atoms with Gasteiger partial charge < -0.3 is 9.73 Å². The molecule has 0 amide bonds. The highest BCUT2D eigenvalue weighted by atomic mass is 32.1. The van der Waals surface area contributed by atoms with Crippen LogP contribution in [0.4, 0.5) is 5.69 Å². The van der Waals surface area contributed by atoms with E-state index in [-0.39, 0.29) is 0 Å². The molecule has 2 aromatic heterocycles. The Labute approximate surface area is 121 Å². The van der Waals surface area contributed by atoms with Gasteiger partial charge in [0.15, 0.2) is 11.5 Å². The number of rotatable bonds is 4. The van der Waals surface area contributed by atoms with Crippen LogP contribution in [0, 0.1) is 6.92 Å². The van der Waals surface area contributed by atoms with Gasteiger partial charge in [0.2, 0.25) is 0 Å². The maximum Gasteiger partial charge on any atom is 0.198 e. The van der Waals surface area contributed by atoms with Gasteiger partial charge in [-0.05, 0) is 50.1 Å². The van der Waals surface area contributed by atoms with Gasteiger partial charge in [0.1, 0.15) is 5.52 Å². The minimum atomic E-state index is 0.563. The maximum atomic E-state index is 5.78. The van der Waals surface area contributed by atoms with Gasteiger partial charge in [-0.1, -0.05) is 0 Å². The molecule has 2 heterocycles. The summed E-state index contributed by atoms with van der Waals surface area (Å²) in [6.07, 6.45) is 2.44. The van der Waals surface area contributed by atoms with E-state index in [0.717, 1.165) is 29.2 Å². The molecule has 1 N–H and O–H groups in total. The number of nitrogens with one attached hydrogen (secondary N) is 1. The summed E-state index contributed by atoms with van der Waals surface area (Å²) in [7, 11) is 0. The topological polar surface area (TPSA) is 38.1 Å². The Morgan fingerprint density at radius 2 is 2.20 bits per heavy atom. The van der Waals surface area contributed by atoms with Gasteiger partial charge in [0, 0.05) is 27.9 Å². The second kappa shape index (κ2) is 4.63. The third-order valence-electron chi connectivity index (χ3n) is 3.59. The Balaban J connectivity index is 1.54. The number of nitrogens with zero attached hydrogens (tertiary/aromatic N) is 1. The van der Waals surface area contributed by atoms with Crippen molar-refractivity contribution in [3.05, 3.63) is 46.0 Å². The molecule has 0 saturated heterocycles. The van der Waals surface area contributed by atoms with Gasteiger partial charge in [-0.25, -0.2) is 4.98 Å². The van der Waals surface area contributed by atoms with Gasteiger partial charge in [-0.2, -0.15) is 0 Å². The van der Waals surface area contributed by atoms with E-state index in [0.29, 0.717) is 5.92 Å².